The molecule has 1 saturated heterocycles. The van der Waals surface area contributed by atoms with Crippen LogP contribution in [0.2, 0.25) is 0 Å². The minimum absolute atomic E-state index is 0.357. The molecular formula is C13H15NO2. The predicted molar refractivity (Wildman–Crippen MR) is 60.7 cm³/mol. The number of benzene rings is 1. The van der Waals surface area contributed by atoms with Crippen molar-refractivity contribution in [3.8, 4) is 0 Å². The summed E-state index contributed by atoms with van der Waals surface area (Å²) in [6, 6.07) is 6.03. The molecule has 1 unspecified atom stereocenters. The number of nitrogens with zero attached hydrogens (tertiary/aromatic N) is 1. The summed E-state index contributed by atoms with van der Waals surface area (Å²) in [5.41, 5.74) is 2.82. The first-order valence-corrected chi connectivity index (χ1v) is 5.86. The van der Waals surface area contributed by atoms with Crippen molar-refractivity contribution in [1.29, 1.82) is 0 Å². The number of carboxylic acid groups (broad SMARTS) is 1. The van der Waals surface area contributed by atoms with E-state index in [1.807, 2.05) is 6.07 Å². The number of aromatic carboxylic acids is 1. The van der Waals surface area contributed by atoms with E-state index in [4.69, 9.17) is 0 Å². The molecule has 2 aliphatic rings. The van der Waals surface area contributed by atoms with Crippen LogP contribution in [0, 0.1) is 0 Å². The van der Waals surface area contributed by atoms with Crippen molar-refractivity contribution in [1.82, 2.24) is 4.90 Å². The SMILES string of the molecule is O=C(O)c1cccc2c1C(N1CCC1)CC2. The van der Waals surface area contributed by atoms with E-state index in [2.05, 4.69) is 11.0 Å². The second kappa shape index (κ2) is 3.59. The maximum Gasteiger partial charge on any atom is 0.336 e. The first-order chi connectivity index (χ1) is 7.77. The molecule has 0 radical (unpaired) electrons. The third-order valence-corrected chi connectivity index (χ3v) is 3.78. The molecule has 0 bridgehead atoms. The number of aryl methyl sites for hydroxylation is 1. The van der Waals surface area contributed by atoms with Crippen molar-refractivity contribution in [2.24, 2.45) is 0 Å². The first kappa shape index (κ1) is 9.85. The summed E-state index contributed by atoms with van der Waals surface area (Å²) >= 11 is 0. The zero-order chi connectivity index (χ0) is 11.1. The number of carbonyl (C=O) groups is 1. The van der Waals surface area contributed by atoms with Gasteiger partial charge in [-0.15, -0.1) is 0 Å². The van der Waals surface area contributed by atoms with Gasteiger partial charge in [-0.05, 0) is 49.5 Å². The zero-order valence-corrected chi connectivity index (χ0v) is 9.15. The van der Waals surface area contributed by atoms with Crippen LogP contribution in [-0.4, -0.2) is 29.1 Å². The lowest BCUT2D eigenvalue weighted by molar-refractivity contribution is 0.0688. The minimum atomic E-state index is -0.788. The fraction of sp³-hybridized carbons (Fsp3) is 0.462. The molecule has 1 N–H and O–H groups in total. The van der Waals surface area contributed by atoms with Crippen molar-refractivity contribution in [3.63, 3.8) is 0 Å². The molecule has 3 heteroatoms. The van der Waals surface area contributed by atoms with Crippen molar-refractivity contribution < 1.29 is 9.90 Å². The molecule has 3 rings (SSSR count). The van der Waals surface area contributed by atoms with Crippen LogP contribution in [0.1, 0.15) is 40.4 Å². The molecule has 1 atom stereocenters. The van der Waals surface area contributed by atoms with Crippen molar-refractivity contribution in [2.45, 2.75) is 25.3 Å². The Bertz CT molecular complexity index is 438. The third-order valence-electron chi connectivity index (χ3n) is 3.78. The lowest BCUT2D eigenvalue weighted by atomic mass is 9.98. The molecule has 16 heavy (non-hydrogen) atoms. The summed E-state index contributed by atoms with van der Waals surface area (Å²) in [5.74, 6) is -0.788. The van der Waals surface area contributed by atoms with Gasteiger partial charge in [0.2, 0.25) is 0 Å². The molecule has 1 heterocycles. The number of hydrogen-bond donors (Lipinski definition) is 1. The van der Waals surface area contributed by atoms with Gasteiger partial charge in [0.25, 0.3) is 0 Å². The molecule has 1 aromatic carbocycles. The fourth-order valence-electron chi connectivity index (χ4n) is 2.87. The standard InChI is InChI=1S/C13H15NO2/c15-13(16)10-4-1-3-9-5-6-11(12(9)10)14-7-2-8-14/h1,3-4,11H,2,5-8H2,(H,15,16). The highest BCUT2D eigenvalue weighted by Gasteiger charge is 2.33. The normalized spacial score (nSPS) is 23.9. The molecule has 3 nitrogen and oxygen atoms in total. The third kappa shape index (κ3) is 1.35. The minimum Gasteiger partial charge on any atom is -0.478 e. The first-order valence-electron chi connectivity index (χ1n) is 5.86. The van der Waals surface area contributed by atoms with Gasteiger partial charge in [-0.3, -0.25) is 4.90 Å². The Morgan fingerprint density at radius 3 is 2.81 bits per heavy atom. The van der Waals surface area contributed by atoms with Gasteiger partial charge in [0, 0.05) is 6.04 Å². The van der Waals surface area contributed by atoms with E-state index < -0.39 is 5.97 Å². The zero-order valence-electron chi connectivity index (χ0n) is 9.15. The quantitative estimate of drug-likeness (QED) is 0.824. The van der Waals surface area contributed by atoms with Crippen LogP contribution >= 0.6 is 0 Å². The Morgan fingerprint density at radius 2 is 2.19 bits per heavy atom. The van der Waals surface area contributed by atoms with E-state index in [0.717, 1.165) is 31.5 Å². The van der Waals surface area contributed by atoms with Gasteiger partial charge in [-0.2, -0.15) is 0 Å². The highest BCUT2D eigenvalue weighted by molar-refractivity contribution is 5.90. The van der Waals surface area contributed by atoms with Crippen LogP contribution in [0.15, 0.2) is 18.2 Å². The second-order valence-electron chi connectivity index (χ2n) is 4.63. The predicted octanol–water partition coefficient (Wildman–Crippen LogP) is 2.08. The molecule has 1 aliphatic carbocycles. The molecule has 1 fully saturated rings. The molecule has 1 aromatic rings. The molecule has 0 aromatic heterocycles. The van der Waals surface area contributed by atoms with E-state index in [-0.39, 0.29) is 0 Å². The fourth-order valence-corrected chi connectivity index (χ4v) is 2.87. The van der Waals surface area contributed by atoms with Crippen molar-refractivity contribution in [2.75, 3.05) is 13.1 Å². The highest BCUT2D eigenvalue weighted by atomic mass is 16.4. The van der Waals surface area contributed by atoms with E-state index in [9.17, 15) is 9.90 Å². The summed E-state index contributed by atoms with van der Waals surface area (Å²) in [6.45, 7) is 2.25. The van der Waals surface area contributed by atoms with E-state index in [1.165, 1.54) is 12.0 Å². The monoisotopic (exact) mass is 217 g/mol. The van der Waals surface area contributed by atoms with Crippen molar-refractivity contribution in [3.05, 3.63) is 34.9 Å². The lowest BCUT2D eigenvalue weighted by Crippen LogP contribution is -2.39. The summed E-state index contributed by atoms with van der Waals surface area (Å²) in [7, 11) is 0. The largest absolute Gasteiger partial charge is 0.478 e. The maximum atomic E-state index is 11.2. The number of likely N-dealkylation sites (tertiary alicyclic amines) is 1. The Morgan fingerprint density at radius 1 is 1.38 bits per heavy atom. The number of rotatable bonds is 2. The van der Waals surface area contributed by atoms with Crippen LogP contribution in [0.25, 0.3) is 0 Å². The summed E-state index contributed by atoms with van der Waals surface area (Å²) in [4.78, 5) is 13.6. The Labute approximate surface area is 94.7 Å². The number of hydrogen-bond acceptors (Lipinski definition) is 2. The average Bonchev–Trinajstić information content (AvgIpc) is 2.59. The van der Waals surface area contributed by atoms with Gasteiger partial charge in [-0.1, -0.05) is 12.1 Å². The molecule has 0 saturated carbocycles. The average molecular weight is 217 g/mol. The number of fused-ring (bicyclic) bond motifs is 1. The number of carboxylic acids is 1. The van der Waals surface area contributed by atoms with E-state index in [0.29, 0.717) is 11.6 Å². The van der Waals surface area contributed by atoms with Crippen LogP contribution in [0.4, 0.5) is 0 Å². The van der Waals surface area contributed by atoms with Crippen LogP contribution in [-0.2, 0) is 6.42 Å². The van der Waals surface area contributed by atoms with Crippen molar-refractivity contribution >= 4 is 5.97 Å². The molecule has 0 amide bonds. The smallest absolute Gasteiger partial charge is 0.336 e. The van der Waals surface area contributed by atoms with Crippen LogP contribution in [0.3, 0.4) is 0 Å². The maximum absolute atomic E-state index is 11.2. The van der Waals surface area contributed by atoms with Gasteiger partial charge in [0.15, 0.2) is 0 Å². The van der Waals surface area contributed by atoms with Gasteiger partial charge in [0.05, 0.1) is 5.56 Å². The Balaban J connectivity index is 2.04. The van der Waals surface area contributed by atoms with Crippen LogP contribution in [0.5, 0.6) is 0 Å². The van der Waals surface area contributed by atoms with Gasteiger partial charge in [-0.25, -0.2) is 4.79 Å². The Hall–Kier alpha value is -1.35. The van der Waals surface area contributed by atoms with E-state index in [1.54, 1.807) is 6.07 Å². The second-order valence-corrected chi connectivity index (χ2v) is 4.63. The summed E-state index contributed by atoms with van der Waals surface area (Å²) in [5, 5.41) is 9.22. The lowest BCUT2D eigenvalue weighted by Gasteiger charge is -2.37. The Kier molecular flexibility index (Phi) is 2.21. The van der Waals surface area contributed by atoms with Gasteiger partial charge < -0.3 is 5.11 Å². The summed E-state index contributed by atoms with van der Waals surface area (Å²) in [6.07, 6.45) is 3.36. The molecule has 0 spiro atoms. The van der Waals surface area contributed by atoms with Gasteiger partial charge >= 0.3 is 5.97 Å². The highest BCUT2D eigenvalue weighted by Crippen LogP contribution is 2.39. The van der Waals surface area contributed by atoms with Crippen LogP contribution < -0.4 is 0 Å². The topological polar surface area (TPSA) is 40.5 Å². The molecular weight excluding hydrogens is 202 g/mol. The molecule has 1 aliphatic heterocycles. The van der Waals surface area contributed by atoms with E-state index >= 15 is 0 Å². The molecule has 84 valence electrons. The summed E-state index contributed by atoms with van der Waals surface area (Å²) < 4.78 is 0. The van der Waals surface area contributed by atoms with Gasteiger partial charge in [0.1, 0.15) is 0 Å².